The van der Waals surface area contributed by atoms with E-state index in [1.165, 1.54) is 10.9 Å². The largest absolute Gasteiger partial charge is 0.459 e. The Morgan fingerprint density at radius 3 is 2.79 bits per heavy atom. The van der Waals surface area contributed by atoms with Crippen molar-refractivity contribution >= 4 is 21.0 Å². The Bertz CT molecular complexity index is 839. The van der Waals surface area contributed by atoms with Crippen LogP contribution in [0.5, 0.6) is 0 Å². The van der Waals surface area contributed by atoms with Crippen LogP contribution in [0.25, 0.3) is 11.0 Å². The van der Waals surface area contributed by atoms with Gasteiger partial charge in [-0.1, -0.05) is 18.2 Å². The Kier molecular flexibility index (Phi) is 4.14. The molecule has 130 valence electrons. The molecule has 0 amide bonds. The van der Waals surface area contributed by atoms with Crippen LogP contribution in [0.2, 0.25) is 0 Å². The van der Waals surface area contributed by atoms with Gasteiger partial charge in [-0.15, -0.1) is 0 Å². The molecule has 1 N–H and O–H groups in total. The summed E-state index contributed by atoms with van der Waals surface area (Å²) in [7, 11) is -3.06. The summed E-state index contributed by atoms with van der Waals surface area (Å²) in [5.74, 6) is 1.42. The predicted octanol–water partition coefficient (Wildman–Crippen LogP) is 2.64. The van der Waals surface area contributed by atoms with Gasteiger partial charge in [0.05, 0.1) is 11.8 Å². The summed E-state index contributed by atoms with van der Waals surface area (Å²) in [6.07, 6.45) is 2.67. The van der Waals surface area contributed by atoms with Gasteiger partial charge >= 0.3 is 0 Å². The second-order valence-corrected chi connectivity index (χ2v) is 9.17. The highest BCUT2D eigenvalue weighted by atomic mass is 32.2. The second-order valence-electron chi connectivity index (χ2n) is 7.13. The van der Waals surface area contributed by atoms with Crippen LogP contribution in [0, 0.1) is 12.8 Å². The minimum absolute atomic E-state index is 0.131. The third-order valence-corrected chi connectivity index (χ3v) is 7.13. The van der Waals surface area contributed by atoms with E-state index >= 15 is 0 Å². The molecule has 1 atom stereocenters. The molecule has 0 bridgehead atoms. The van der Waals surface area contributed by atoms with E-state index in [-0.39, 0.29) is 5.25 Å². The van der Waals surface area contributed by atoms with Crippen molar-refractivity contribution in [2.24, 2.45) is 5.92 Å². The molecule has 5 nitrogen and oxygen atoms in total. The molecule has 1 saturated carbocycles. The number of hydrogen-bond acceptors (Lipinski definition) is 4. The second kappa shape index (κ2) is 6.17. The minimum Gasteiger partial charge on any atom is -0.459 e. The summed E-state index contributed by atoms with van der Waals surface area (Å²) < 4.78 is 32.7. The van der Waals surface area contributed by atoms with Crippen LogP contribution in [-0.2, 0) is 16.6 Å². The maximum absolute atomic E-state index is 11.9. The Morgan fingerprint density at radius 1 is 1.25 bits per heavy atom. The van der Waals surface area contributed by atoms with Crippen LogP contribution in [0.4, 0.5) is 0 Å². The molecule has 4 rings (SSSR count). The van der Waals surface area contributed by atoms with Crippen molar-refractivity contribution in [1.82, 2.24) is 9.62 Å². The lowest BCUT2D eigenvalue weighted by Crippen LogP contribution is -2.33. The molecule has 1 aromatic heterocycles. The molecule has 1 aromatic carbocycles. The average molecular weight is 348 g/mol. The first-order chi connectivity index (χ1) is 11.5. The Morgan fingerprint density at radius 2 is 2.04 bits per heavy atom. The lowest BCUT2D eigenvalue weighted by atomic mass is 10.1. The normalized spacial score (nSPS) is 22.5. The number of para-hydroxylation sites is 1. The number of likely N-dealkylation sites (tertiary alicyclic amines) is 1. The van der Waals surface area contributed by atoms with Gasteiger partial charge in [0.15, 0.2) is 0 Å². The fourth-order valence-corrected chi connectivity index (χ4v) is 4.99. The van der Waals surface area contributed by atoms with Crippen molar-refractivity contribution in [2.75, 3.05) is 19.6 Å². The number of furan rings is 1. The van der Waals surface area contributed by atoms with Gasteiger partial charge in [0.25, 0.3) is 0 Å². The summed E-state index contributed by atoms with van der Waals surface area (Å²) in [5.41, 5.74) is 2.15. The lowest BCUT2D eigenvalue weighted by molar-refractivity contribution is 0.289. The fourth-order valence-electron chi connectivity index (χ4n) is 3.53. The molecular weight excluding hydrogens is 324 g/mol. The van der Waals surface area contributed by atoms with E-state index in [1.54, 1.807) is 0 Å². The van der Waals surface area contributed by atoms with Crippen molar-refractivity contribution in [3.8, 4) is 0 Å². The summed E-state index contributed by atoms with van der Waals surface area (Å²) in [4.78, 5) is 2.36. The van der Waals surface area contributed by atoms with Gasteiger partial charge in [0.1, 0.15) is 11.3 Å². The molecule has 0 unspecified atom stereocenters. The molecule has 2 heterocycles. The van der Waals surface area contributed by atoms with Gasteiger partial charge in [-0.2, -0.15) is 0 Å². The number of fused-ring (bicyclic) bond motifs is 1. The Hall–Kier alpha value is -1.37. The molecule has 0 radical (unpaired) electrons. The van der Waals surface area contributed by atoms with Crippen molar-refractivity contribution < 1.29 is 12.8 Å². The summed E-state index contributed by atoms with van der Waals surface area (Å²) in [6.45, 7) is 5.38. The number of hydrogen-bond donors (Lipinski definition) is 1. The van der Waals surface area contributed by atoms with E-state index < -0.39 is 10.0 Å². The van der Waals surface area contributed by atoms with E-state index in [0.29, 0.717) is 12.5 Å². The van der Waals surface area contributed by atoms with Crippen molar-refractivity contribution in [1.29, 1.82) is 0 Å². The molecule has 1 aliphatic carbocycles. The number of rotatable bonds is 6. The molecule has 1 aliphatic heterocycles. The molecule has 24 heavy (non-hydrogen) atoms. The number of benzene rings is 1. The van der Waals surface area contributed by atoms with E-state index in [4.69, 9.17) is 4.42 Å². The highest BCUT2D eigenvalue weighted by Crippen LogP contribution is 2.29. The van der Waals surface area contributed by atoms with Crippen LogP contribution in [-0.4, -0.2) is 38.2 Å². The zero-order chi connectivity index (χ0) is 16.7. The van der Waals surface area contributed by atoms with Gasteiger partial charge < -0.3 is 4.42 Å². The fraction of sp³-hybridized carbons (Fsp3) is 0.556. The van der Waals surface area contributed by atoms with E-state index in [9.17, 15) is 8.42 Å². The summed E-state index contributed by atoms with van der Waals surface area (Å²) >= 11 is 0. The number of sulfonamides is 1. The monoisotopic (exact) mass is 348 g/mol. The molecule has 2 aliphatic rings. The van der Waals surface area contributed by atoms with Crippen LogP contribution < -0.4 is 4.72 Å². The average Bonchev–Trinajstić information content (AvgIpc) is 3.27. The highest BCUT2D eigenvalue weighted by Gasteiger charge is 2.36. The maximum atomic E-state index is 11.9. The first-order valence-electron chi connectivity index (χ1n) is 8.71. The Balaban J connectivity index is 1.35. The van der Waals surface area contributed by atoms with Gasteiger partial charge in [-0.25, -0.2) is 13.1 Å². The van der Waals surface area contributed by atoms with E-state index in [2.05, 4.69) is 22.6 Å². The highest BCUT2D eigenvalue weighted by molar-refractivity contribution is 7.90. The molecule has 6 heteroatoms. The molecular formula is C18H24N2O3S. The third-order valence-electron chi connectivity index (χ3n) is 5.22. The Labute approximate surface area is 143 Å². The van der Waals surface area contributed by atoms with E-state index in [1.807, 2.05) is 18.2 Å². The zero-order valence-corrected chi connectivity index (χ0v) is 14.8. The van der Waals surface area contributed by atoms with Crippen LogP contribution in [0.1, 0.15) is 30.6 Å². The van der Waals surface area contributed by atoms with Crippen molar-refractivity contribution in [3.05, 3.63) is 35.6 Å². The molecule has 2 aromatic rings. The first kappa shape index (κ1) is 16.1. The molecule has 1 saturated heterocycles. The topological polar surface area (TPSA) is 62.6 Å². The number of nitrogens with one attached hydrogen (secondary N) is 1. The SMILES string of the molecule is Cc1c(CN2CC[C@H](CNS(=O)(=O)C3CC3)C2)oc2ccccc12. The van der Waals surface area contributed by atoms with Gasteiger partial charge in [0, 0.05) is 18.5 Å². The van der Waals surface area contributed by atoms with Crippen LogP contribution >= 0.6 is 0 Å². The lowest BCUT2D eigenvalue weighted by Gasteiger charge is -2.15. The van der Waals surface area contributed by atoms with Gasteiger partial charge in [-0.05, 0) is 50.3 Å². The number of nitrogens with zero attached hydrogens (tertiary/aromatic N) is 1. The van der Waals surface area contributed by atoms with Crippen LogP contribution in [0.3, 0.4) is 0 Å². The maximum Gasteiger partial charge on any atom is 0.214 e. The van der Waals surface area contributed by atoms with Crippen molar-refractivity contribution in [2.45, 2.75) is 38.0 Å². The predicted molar refractivity (Wildman–Crippen MR) is 94.3 cm³/mol. The first-order valence-corrected chi connectivity index (χ1v) is 10.3. The summed E-state index contributed by atoms with van der Waals surface area (Å²) in [5, 5.41) is 1.05. The van der Waals surface area contributed by atoms with Gasteiger partial charge in [-0.3, -0.25) is 4.90 Å². The van der Waals surface area contributed by atoms with Crippen molar-refractivity contribution in [3.63, 3.8) is 0 Å². The third kappa shape index (κ3) is 3.23. The summed E-state index contributed by atoms with van der Waals surface area (Å²) in [6, 6.07) is 8.13. The minimum atomic E-state index is -3.06. The molecule has 2 fully saturated rings. The van der Waals surface area contributed by atoms with Crippen LogP contribution in [0.15, 0.2) is 28.7 Å². The number of aryl methyl sites for hydroxylation is 1. The molecule has 0 spiro atoms. The quantitative estimate of drug-likeness (QED) is 0.872. The smallest absolute Gasteiger partial charge is 0.214 e. The van der Waals surface area contributed by atoms with Gasteiger partial charge in [0.2, 0.25) is 10.0 Å². The van der Waals surface area contributed by atoms with E-state index in [0.717, 1.165) is 50.2 Å². The zero-order valence-electron chi connectivity index (χ0n) is 14.0. The standard InChI is InChI=1S/C18H24N2O3S/c1-13-16-4-2-3-5-17(16)23-18(13)12-20-9-8-14(11-20)10-19-24(21,22)15-6-7-15/h2-5,14-15,19H,6-12H2,1H3/t14-/m1/s1.